The van der Waals surface area contributed by atoms with Gasteiger partial charge in [0.05, 0.1) is 5.60 Å². The molecule has 124 valence electrons. The van der Waals surface area contributed by atoms with Crippen molar-refractivity contribution in [1.82, 2.24) is 14.8 Å². The molecular formula is C18H25N3O2. The molecule has 0 radical (unpaired) electrons. The molecule has 5 nitrogen and oxygen atoms in total. The predicted molar refractivity (Wildman–Crippen MR) is 86.7 cm³/mol. The van der Waals surface area contributed by atoms with E-state index in [1.165, 1.54) is 5.56 Å². The third kappa shape index (κ3) is 3.00. The Balaban J connectivity index is 1.29. The molecule has 1 atom stereocenters. The van der Waals surface area contributed by atoms with Crippen molar-refractivity contribution in [3.05, 3.63) is 30.1 Å². The van der Waals surface area contributed by atoms with E-state index >= 15 is 0 Å². The van der Waals surface area contributed by atoms with E-state index in [1.807, 2.05) is 17.3 Å². The van der Waals surface area contributed by atoms with Crippen LogP contribution in [0.3, 0.4) is 0 Å². The Bertz CT molecular complexity index is 557. The van der Waals surface area contributed by atoms with E-state index in [0.29, 0.717) is 11.8 Å². The van der Waals surface area contributed by atoms with Crippen LogP contribution in [0.5, 0.6) is 0 Å². The maximum absolute atomic E-state index is 11.8. The number of pyridine rings is 1. The quantitative estimate of drug-likeness (QED) is 0.829. The Morgan fingerprint density at radius 1 is 1.30 bits per heavy atom. The summed E-state index contributed by atoms with van der Waals surface area (Å²) >= 11 is 0. The van der Waals surface area contributed by atoms with Crippen LogP contribution < -0.4 is 0 Å². The Labute approximate surface area is 137 Å². The smallest absolute Gasteiger partial charge is 0.222 e. The number of rotatable bonds is 5. The van der Waals surface area contributed by atoms with Gasteiger partial charge in [-0.1, -0.05) is 0 Å². The predicted octanol–water partition coefficient (Wildman–Crippen LogP) is 1.68. The summed E-state index contributed by atoms with van der Waals surface area (Å²) < 4.78 is 6.14. The Kier molecular flexibility index (Phi) is 4.07. The average Bonchev–Trinajstić information content (AvgIpc) is 3.12. The van der Waals surface area contributed by atoms with E-state index in [2.05, 4.69) is 22.0 Å². The molecule has 3 aliphatic rings. The molecule has 3 saturated heterocycles. The van der Waals surface area contributed by atoms with Gasteiger partial charge in [0.25, 0.3) is 0 Å². The molecule has 0 aromatic carbocycles. The molecule has 0 bridgehead atoms. The van der Waals surface area contributed by atoms with Crippen LogP contribution in [0.2, 0.25) is 0 Å². The summed E-state index contributed by atoms with van der Waals surface area (Å²) in [5.74, 6) is 0.940. The van der Waals surface area contributed by atoms with Crippen LogP contribution in [0.25, 0.3) is 0 Å². The lowest BCUT2D eigenvalue weighted by Crippen LogP contribution is -2.64. The average molecular weight is 315 g/mol. The zero-order valence-electron chi connectivity index (χ0n) is 13.6. The van der Waals surface area contributed by atoms with Crippen molar-refractivity contribution in [3.8, 4) is 0 Å². The number of aromatic nitrogens is 1. The van der Waals surface area contributed by atoms with Crippen LogP contribution in [0.15, 0.2) is 24.5 Å². The van der Waals surface area contributed by atoms with Gasteiger partial charge in [-0.2, -0.15) is 0 Å². The fourth-order valence-corrected chi connectivity index (χ4v) is 4.36. The molecule has 3 fully saturated rings. The molecule has 1 spiro atoms. The van der Waals surface area contributed by atoms with Gasteiger partial charge in [-0.15, -0.1) is 0 Å². The molecule has 0 aliphatic carbocycles. The minimum Gasteiger partial charge on any atom is -0.372 e. The van der Waals surface area contributed by atoms with E-state index < -0.39 is 0 Å². The lowest BCUT2D eigenvalue weighted by molar-refractivity contribution is -0.139. The van der Waals surface area contributed by atoms with Crippen molar-refractivity contribution in [2.24, 2.45) is 5.92 Å². The Morgan fingerprint density at radius 2 is 2.13 bits per heavy atom. The summed E-state index contributed by atoms with van der Waals surface area (Å²) in [6.07, 6.45) is 7.72. The van der Waals surface area contributed by atoms with E-state index in [0.717, 1.165) is 65.0 Å². The van der Waals surface area contributed by atoms with Gasteiger partial charge in [0.15, 0.2) is 0 Å². The largest absolute Gasteiger partial charge is 0.372 e. The topological polar surface area (TPSA) is 45.7 Å². The van der Waals surface area contributed by atoms with Crippen molar-refractivity contribution in [2.45, 2.75) is 37.8 Å². The van der Waals surface area contributed by atoms with E-state index in [4.69, 9.17) is 4.74 Å². The first-order chi connectivity index (χ1) is 11.3. The summed E-state index contributed by atoms with van der Waals surface area (Å²) in [5.41, 5.74) is 1.36. The maximum atomic E-state index is 11.8. The summed E-state index contributed by atoms with van der Waals surface area (Å²) in [4.78, 5) is 20.3. The molecule has 3 aliphatic heterocycles. The van der Waals surface area contributed by atoms with Crippen LogP contribution in [-0.4, -0.2) is 59.1 Å². The summed E-state index contributed by atoms with van der Waals surface area (Å²) in [7, 11) is 0. The minimum atomic E-state index is 0.0514. The van der Waals surface area contributed by atoms with Gasteiger partial charge in [-0.25, -0.2) is 0 Å². The second-order valence-corrected chi connectivity index (χ2v) is 7.17. The number of hydrogen-bond acceptors (Lipinski definition) is 4. The molecule has 1 aromatic rings. The summed E-state index contributed by atoms with van der Waals surface area (Å²) in [6, 6.07) is 4.16. The third-order valence-electron chi connectivity index (χ3n) is 5.66. The van der Waals surface area contributed by atoms with Crippen LogP contribution >= 0.6 is 0 Å². The Morgan fingerprint density at radius 3 is 2.87 bits per heavy atom. The molecule has 0 saturated carbocycles. The molecule has 0 N–H and O–H groups in total. The van der Waals surface area contributed by atoms with Gasteiger partial charge in [0.1, 0.15) is 0 Å². The number of amides is 1. The highest BCUT2D eigenvalue weighted by Gasteiger charge is 2.52. The van der Waals surface area contributed by atoms with Gasteiger partial charge in [0.2, 0.25) is 5.91 Å². The monoisotopic (exact) mass is 315 g/mol. The molecule has 0 unspecified atom stereocenters. The summed E-state index contributed by atoms with van der Waals surface area (Å²) in [5, 5.41) is 0. The third-order valence-corrected chi connectivity index (χ3v) is 5.66. The zero-order chi connectivity index (χ0) is 15.7. The second kappa shape index (κ2) is 6.21. The van der Waals surface area contributed by atoms with Gasteiger partial charge in [-0.3, -0.25) is 14.7 Å². The molecule has 1 aromatic heterocycles. The first kappa shape index (κ1) is 15.1. The number of ether oxygens (including phenoxy) is 1. The number of nitrogens with zero attached hydrogens (tertiary/aromatic N) is 3. The van der Waals surface area contributed by atoms with Gasteiger partial charge < -0.3 is 9.64 Å². The van der Waals surface area contributed by atoms with Gasteiger partial charge in [-0.05, 0) is 42.9 Å². The lowest BCUT2D eigenvalue weighted by atomic mass is 9.78. The fraction of sp³-hybridized carbons (Fsp3) is 0.667. The SMILES string of the molecule is O=C1CCCN1CC[C@H]1CCOC12CN(Cc1ccncc1)C2. The highest BCUT2D eigenvalue weighted by molar-refractivity contribution is 5.77. The van der Waals surface area contributed by atoms with Crippen LogP contribution in [-0.2, 0) is 16.1 Å². The number of hydrogen-bond donors (Lipinski definition) is 0. The lowest BCUT2D eigenvalue weighted by Gasteiger charge is -2.50. The molecule has 1 amide bonds. The second-order valence-electron chi connectivity index (χ2n) is 7.17. The highest BCUT2D eigenvalue weighted by Crippen LogP contribution is 2.42. The van der Waals surface area contributed by atoms with Crippen molar-refractivity contribution in [2.75, 3.05) is 32.8 Å². The van der Waals surface area contributed by atoms with Crippen molar-refractivity contribution >= 4 is 5.91 Å². The van der Waals surface area contributed by atoms with Gasteiger partial charge in [0, 0.05) is 58.1 Å². The number of likely N-dealkylation sites (tertiary alicyclic amines) is 2. The van der Waals surface area contributed by atoms with Crippen LogP contribution in [0.1, 0.15) is 31.2 Å². The number of carbonyl (C=O) groups excluding carboxylic acids is 1. The highest BCUT2D eigenvalue weighted by atomic mass is 16.5. The molecule has 23 heavy (non-hydrogen) atoms. The van der Waals surface area contributed by atoms with Crippen molar-refractivity contribution < 1.29 is 9.53 Å². The van der Waals surface area contributed by atoms with Crippen LogP contribution in [0.4, 0.5) is 0 Å². The molecular weight excluding hydrogens is 290 g/mol. The van der Waals surface area contributed by atoms with Crippen molar-refractivity contribution in [1.29, 1.82) is 0 Å². The van der Waals surface area contributed by atoms with Crippen molar-refractivity contribution in [3.63, 3.8) is 0 Å². The normalized spacial score (nSPS) is 26.9. The molecule has 4 heterocycles. The fourth-order valence-electron chi connectivity index (χ4n) is 4.36. The van der Waals surface area contributed by atoms with E-state index in [9.17, 15) is 4.79 Å². The molecule has 5 heteroatoms. The van der Waals surface area contributed by atoms with E-state index in [-0.39, 0.29) is 5.60 Å². The Hall–Kier alpha value is -1.46. The number of carbonyl (C=O) groups is 1. The maximum Gasteiger partial charge on any atom is 0.222 e. The van der Waals surface area contributed by atoms with Gasteiger partial charge >= 0.3 is 0 Å². The summed E-state index contributed by atoms with van der Waals surface area (Å²) in [6.45, 7) is 5.76. The van der Waals surface area contributed by atoms with E-state index in [1.54, 1.807) is 0 Å². The standard InChI is InChI=1S/C18H25N3O2/c22-17-2-1-9-21(17)10-5-16-6-11-23-18(16)13-20(14-18)12-15-3-7-19-8-4-15/h3-4,7-8,16H,1-2,5-6,9-14H2/t16-/m0/s1. The zero-order valence-corrected chi connectivity index (χ0v) is 13.6. The first-order valence-electron chi connectivity index (χ1n) is 8.78. The first-order valence-corrected chi connectivity index (χ1v) is 8.78. The molecule has 4 rings (SSSR count). The minimum absolute atomic E-state index is 0.0514. The van der Waals surface area contributed by atoms with Crippen LogP contribution in [0, 0.1) is 5.92 Å².